The number of carbonyl (C=O) groups is 2. The van der Waals surface area contributed by atoms with E-state index in [0.29, 0.717) is 5.69 Å². The lowest BCUT2D eigenvalue weighted by atomic mass is 9.98. The van der Waals surface area contributed by atoms with Gasteiger partial charge >= 0.3 is 5.97 Å². The first-order chi connectivity index (χ1) is 15.0. The number of amides is 1. The van der Waals surface area contributed by atoms with Gasteiger partial charge in [0.2, 0.25) is 0 Å². The molecule has 0 spiro atoms. The van der Waals surface area contributed by atoms with Gasteiger partial charge in [0.05, 0.1) is 13.0 Å². The van der Waals surface area contributed by atoms with Crippen LogP contribution in [0.5, 0.6) is 5.75 Å². The van der Waals surface area contributed by atoms with Crippen molar-refractivity contribution >= 4 is 39.1 Å². The standard InChI is InChI=1S/C26H23NO4/c1-17(19-10-11-21-15-22(30-2)13-12-20(21)14-19)26(29)31-16-25(28)27-24-9-5-7-18-6-3-4-8-23(18)24/h3-15,17H,16H2,1-2H3,(H,27,28)/t17-/m0/s1. The van der Waals surface area contributed by atoms with Gasteiger partial charge in [-0.1, -0.05) is 60.7 Å². The van der Waals surface area contributed by atoms with Crippen LogP contribution in [0.2, 0.25) is 0 Å². The van der Waals surface area contributed by atoms with E-state index in [4.69, 9.17) is 9.47 Å². The molecule has 0 heterocycles. The molecule has 0 aliphatic heterocycles. The highest BCUT2D eigenvalue weighted by Gasteiger charge is 2.19. The molecule has 0 bridgehead atoms. The zero-order valence-corrected chi connectivity index (χ0v) is 17.4. The van der Waals surface area contributed by atoms with E-state index in [1.54, 1.807) is 14.0 Å². The number of anilines is 1. The predicted molar refractivity (Wildman–Crippen MR) is 122 cm³/mol. The van der Waals surface area contributed by atoms with Crippen molar-refractivity contribution in [1.29, 1.82) is 0 Å². The van der Waals surface area contributed by atoms with Crippen LogP contribution in [0.3, 0.4) is 0 Å². The third-order valence-electron chi connectivity index (χ3n) is 5.33. The van der Waals surface area contributed by atoms with Gasteiger partial charge < -0.3 is 14.8 Å². The first kappa shape index (κ1) is 20.4. The van der Waals surface area contributed by atoms with Crippen LogP contribution in [0.15, 0.2) is 78.9 Å². The van der Waals surface area contributed by atoms with Gasteiger partial charge in [0.1, 0.15) is 5.75 Å². The van der Waals surface area contributed by atoms with Gasteiger partial charge in [-0.3, -0.25) is 9.59 Å². The van der Waals surface area contributed by atoms with Crippen LogP contribution >= 0.6 is 0 Å². The molecule has 156 valence electrons. The fraction of sp³-hybridized carbons (Fsp3) is 0.154. The average Bonchev–Trinajstić information content (AvgIpc) is 2.81. The molecule has 1 atom stereocenters. The van der Waals surface area contributed by atoms with Gasteiger partial charge in [-0.15, -0.1) is 0 Å². The predicted octanol–water partition coefficient (Wildman–Crippen LogP) is 5.29. The molecule has 0 aliphatic rings. The maximum atomic E-state index is 12.5. The summed E-state index contributed by atoms with van der Waals surface area (Å²) >= 11 is 0. The van der Waals surface area contributed by atoms with Crippen LogP contribution in [-0.2, 0) is 14.3 Å². The van der Waals surface area contributed by atoms with Crippen molar-refractivity contribution in [2.75, 3.05) is 19.0 Å². The quantitative estimate of drug-likeness (QED) is 0.437. The Morgan fingerprint density at radius 1 is 0.871 bits per heavy atom. The molecule has 0 saturated heterocycles. The summed E-state index contributed by atoms with van der Waals surface area (Å²) in [5.41, 5.74) is 1.52. The van der Waals surface area contributed by atoms with Crippen LogP contribution in [0.25, 0.3) is 21.5 Å². The average molecular weight is 413 g/mol. The summed E-state index contributed by atoms with van der Waals surface area (Å²) in [5.74, 6) is -0.523. The summed E-state index contributed by atoms with van der Waals surface area (Å²) in [5, 5.41) is 6.82. The monoisotopic (exact) mass is 413 g/mol. The van der Waals surface area contributed by atoms with E-state index in [9.17, 15) is 9.59 Å². The summed E-state index contributed by atoms with van der Waals surface area (Å²) in [4.78, 5) is 24.9. The molecule has 5 nitrogen and oxygen atoms in total. The fourth-order valence-electron chi connectivity index (χ4n) is 3.56. The van der Waals surface area contributed by atoms with Crippen molar-refractivity contribution in [2.45, 2.75) is 12.8 Å². The Labute approximate surface area is 180 Å². The highest BCUT2D eigenvalue weighted by atomic mass is 16.5. The Kier molecular flexibility index (Phi) is 5.85. The Bertz CT molecular complexity index is 1260. The maximum absolute atomic E-state index is 12.5. The topological polar surface area (TPSA) is 64.6 Å². The molecule has 0 radical (unpaired) electrons. The lowest BCUT2D eigenvalue weighted by Gasteiger charge is -2.13. The third kappa shape index (κ3) is 4.51. The van der Waals surface area contributed by atoms with Gasteiger partial charge in [0, 0.05) is 11.1 Å². The van der Waals surface area contributed by atoms with Gasteiger partial charge in [-0.2, -0.15) is 0 Å². The van der Waals surface area contributed by atoms with Gasteiger partial charge in [-0.05, 0) is 46.8 Å². The lowest BCUT2D eigenvalue weighted by molar-refractivity contribution is -0.148. The highest BCUT2D eigenvalue weighted by Crippen LogP contribution is 2.26. The van der Waals surface area contributed by atoms with E-state index in [1.165, 1.54) is 0 Å². The zero-order chi connectivity index (χ0) is 21.8. The van der Waals surface area contributed by atoms with Crippen LogP contribution < -0.4 is 10.1 Å². The number of esters is 1. The number of rotatable bonds is 6. The SMILES string of the molecule is COc1ccc2cc([C@H](C)C(=O)OCC(=O)Nc3cccc4ccccc34)ccc2c1. The minimum atomic E-state index is -0.489. The van der Waals surface area contributed by atoms with Crippen molar-refractivity contribution in [3.8, 4) is 5.75 Å². The number of methoxy groups -OCH3 is 1. The molecule has 31 heavy (non-hydrogen) atoms. The van der Waals surface area contributed by atoms with E-state index >= 15 is 0 Å². The van der Waals surface area contributed by atoms with E-state index < -0.39 is 11.9 Å². The molecule has 4 aromatic rings. The first-order valence-electron chi connectivity index (χ1n) is 10.1. The number of nitrogens with one attached hydrogen (secondary N) is 1. The Morgan fingerprint density at radius 3 is 2.45 bits per heavy atom. The van der Waals surface area contributed by atoms with Gasteiger partial charge in [0.15, 0.2) is 6.61 Å². The van der Waals surface area contributed by atoms with Crippen molar-refractivity contribution in [3.05, 3.63) is 84.4 Å². The van der Waals surface area contributed by atoms with Crippen LogP contribution in [0.4, 0.5) is 5.69 Å². The van der Waals surface area contributed by atoms with E-state index in [1.807, 2.05) is 78.9 Å². The summed E-state index contributed by atoms with van der Waals surface area (Å²) < 4.78 is 10.5. The molecule has 4 rings (SSSR count). The number of fused-ring (bicyclic) bond motifs is 2. The minimum Gasteiger partial charge on any atom is -0.497 e. The zero-order valence-electron chi connectivity index (χ0n) is 17.4. The van der Waals surface area contributed by atoms with Crippen molar-refractivity contribution in [3.63, 3.8) is 0 Å². The number of carbonyl (C=O) groups excluding carboxylic acids is 2. The molecule has 1 amide bonds. The summed E-state index contributed by atoms with van der Waals surface area (Å²) in [6.45, 7) is 1.44. The molecule has 0 fully saturated rings. The molecular formula is C26H23NO4. The van der Waals surface area contributed by atoms with Crippen LogP contribution in [-0.4, -0.2) is 25.6 Å². The molecular weight excluding hydrogens is 390 g/mol. The fourth-order valence-corrected chi connectivity index (χ4v) is 3.56. The van der Waals surface area contributed by atoms with Gasteiger partial charge in [-0.25, -0.2) is 0 Å². The summed E-state index contributed by atoms with van der Waals surface area (Å²) in [6, 6.07) is 25.0. The molecule has 5 heteroatoms. The van der Waals surface area contributed by atoms with Crippen LogP contribution in [0, 0.1) is 0 Å². The second-order valence-corrected chi connectivity index (χ2v) is 7.38. The molecule has 0 unspecified atom stereocenters. The summed E-state index contributed by atoms with van der Waals surface area (Å²) in [6.07, 6.45) is 0. The number of ether oxygens (including phenoxy) is 2. The lowest BCUT2D eigenvalue weighted by Crippen LogP contribution is -2.23. The largest absolute Gasteiger partial charge is 0.497 e. The number of benzene rings is 4. The normalized spacial score (nSPS) is 11.8. The molecule has 1 N–H and O–H groups in total. The second kappa shape index (κ2) is 8.88. The molecule has 0 aliphatic carbocycles. The summed E-state index contributed by atoms with van der Waals surface area (Å²) in [7, 11) is 1.63. The molecule has 0 saturated carbocycles. The highest BCUT2D eigenvalue weighted by molar-refractivity contribution is 6.02. The number of hydrogen-bond donors (Lipinski definition) is 1. The Balaban J connectivity index is 1.39. The van der Waals surface area contributed by atoms with E-state index in [2.05, 4.69) is 5.32 Å². The van der Waals surface area contributed by atoms with Gasteiger partial charge in [0.25, 0.3) is 5.91 Å². The molecule has 0 aromatic heterocycles. The van der Waals surface area contributed by atoms with Crippen molar-refractivity contribution < 1.29 is 19.1 Å². The molecule has 4 aromatic carbocycles. The smallest absolute Gasteiger partial charge is 0.313 e. The Morgan fingerprint density at radius 2 is 1.61 bits per heavy atom. The number of hydrogen-bond acceptors (Lipinski definition) is 4. The van der Waals surface area contributed by atoms with Crippen molar-refractivity contribution in [2.24, 2.45) is 0 Å². The van der Waals surface area contributed by atoms with Crippen LogP contribution in [0.1, 0.15) is 18.4 Å². The Hall–Kier alpha value is -3.86. The third-order valence-corrected chi connectivity index (χ3v) is 5.33. The maximum Gasteiger partial charge on any atom is 0.313 e. The minimum absolute atomic E-state index is 0.336. The van der Waals surface area contributed by atoms with Crippen molar-refractivity contribution in [1.82, 2.24) is 0 Å². The first-order valence-corrected chi connectivity index (χ1v) is 10.1. The van der Waals surface area contributed by atoms with E-state index in [-0.39, 0.29) is 12.5 Å². The van der Waals surface area contributed by atoms with E-state index in [0.717, 1.165) is 32.9 Å². The second-order valence-electron chi connectivity index (χ2n) is 7.38.